The number of allylic oxidation sites excluding steroid dienone is 3. The summed E-state index contributed by atoms with van der Waals surface area (Å²) in [6.07, 6.45) is 10.3. The molecule has 0 spiro atoms. The lowest BCUT2D eigenvalue weighted by Crippen LogP contribution is -2.36. The first-order valence-corrected chi connectivity index (χ1v) is 6.05. The van der Waals surface area contributed by atoms with E-state index in [4.69, 9.17) is 5.73 Å². The third kappa shape index (κ3) is 1.64. The number of rotatable bonds is 0. The molecule has 2 aliphatic rings. The Morgan fingerprint density at radius 3 is 2.72 bits per heavy atom. The minimum Gasteiger partial charge on any atom is -0.351 e. The summed E-state index contributed by atoms with van der Waals surface area (Å²) in [6.45, 7) is 0. The molecule has 2 N–H and O–H groups in total. The number of urea groups is 1. The molecule has 1 aromatic rings. The second-order valence-electron chi connectivity index (χ2n) is 4.39. The van der Waals surface area contributed by atoms with Gasteiger partial charge >= 0.3 is 6.03 Å². The number of benzene rings is 1. The highest BCUT2D eigenvalue weighted by molar-refractivity contribution is 5.99. The second-order valence-corrected chi connectivity index (χ2v) is 4.39. The van der Waals surface area contributed by atoms with Crippen LogP contribution in [0, 0.1) is 0 Å². The number of hydrogen-bond acceptors (Lipinski definition) is 1. The number of amides is 2. The summed E-state index contributed by atoms with van der Waals surface area (Å²) in [5.41, 5.74) is 9.37. The Hall–Kier alpha value is -2.29. The average Bonchev–Trinajstić information content (AvgIpc) is 2.55. The van der Waals surface area contributed by atoms with Crippen LogP contribution < -0.4 is 10.6 Å². The minimum absolute atomic E-state index is 0.440. The smallest absolute Gasteiger partial charge is 0.323 e. The molecule has 2 amide bonds. The number of para-hydroxylation sites is 1. The summed E-state index contributed by atoms with van der Waals surface area (Å²) in [4.78, 5) is 13.4. The molecule has 3 rings (SSSR count). The van der Waals surface area contributed by atoms with Gasteiger partial charge in [0.2, 0.25) is 0 Å². The van der Waals surface area contributed by atoms with Gasteiger partial charge in [0.05, 0.1) is 11.4 Å². The van der Waals surface area contributed by atoms with E-state index in [0.29, 0.717) is 0 Å². The molecule has 0 atom stereocenters. The van der Waals surface area contributed by atoms with E-state index in [1.807, 2.05) is 36.4 Å². The first kappa shape index (κ1) is 10.8. The number of nitrogens with zero attached hydrogens (tertiary/aromatic N) is 1. The molecule has 0 bridgehead atoms. The number of hydrogen-bond donors (Lipinski definition) is 1. The normalized spacial score (nSPS) is 17.2. The van der Waals surface area contributed by atoms with Crippen LogP contribution in [0.15, 0.2) is 53.8 Å². The highest BCUT2D eigenvalue weighted by Crippen LogP contribution is 2.34. The third-order valence-electron chi connectivity index (χ3n) is 3.25. The maximum Gasteiger partial charge on any atom is 0.323 e. The van der Waals surface area contributed by atoms with Gasteiger partial charge in [-0.1, -0.05) is 42.5 Å². The van der Waals surface area contributed by atoms with Gasteiger partial charge < -0.3 is 5.73 Å². The summed E-state index contributed by atoms with van der Waals surface area (Å²) in [6, 6.07) is 7.34. The van der Waals surface area contributed by atoms with Crippen LogP contribution in [0.2, 0.25) is 0 Å². The Kier molecular flexibility index (Phi) is 2.52. The average molecular weight is 238 g/mol. The lowest BCUT2D eigenvalue weighted by molar-refractivity contribution is 0.255. The van der Waals surface area contributed by atoms with E-state index in [0.717, 1.165) is 35.4 Å². The predicted octanol–water partition coefficient (Wildman–Crippen LogP) is 3.20. The van der Waals surface area contributed by atoms with E-state index >= 15 is 0 Å². The summed E-state index contributed by atoms with van der Waals surface area (Å²) >= 11 is 0. The van der Waals surface area contributed by atoms with Gasteiger partial charge in [-0.2, -0.15) is 0 Å². The van der Waals surface area contributed by atoms with Gasteiger partial charge in [-0.25, -0.2) is 4.79 Å². The predicted molar refractivity (Wildman–Crippen MR) is 72.9 cm³/mol. The third-order valence-corrected chi connectivity index (χ3v) is 3.25. The molecule has 18 heavy (non-hydrogen) atoms. The van der Waals surface area contributed by atoms with Crippen molar-refractivity contribution in [1.82, 2.24) is 0 Å². The fourth-order valence-electron chi connectivity index (χ4n) is 2.43. The Morgan fingerprint density at radius 1 is 1.11 bits per heavy atom. The van der Waals surface area contributed by atoms with Crippen molar-refractivity contribution < 1.29 is 4.79 Å². The Labute approximate surface area is 106 Å². The largest absolute Gasteiger partial charge is 0.351 e. The molecule has 1 aliphatic heterocycles. The van der Waals surface area contributed by atoms with E-state index in [2.05, 4.69) is 12.2 Å². The molecule has 0 saturated heterocycles. The van der Waals surface area contributed by atoms with Crippen LogP contribution in [0.3, 0.4) is 0 Å². The zero-order valence-corrected chi connectivity index (χ0v) is 9.97. The highest BCUT2D eigenvalue weighted by Gasteiger charge is 2.24. The zero-order chi connectivity index (χ0) is 12.5. The van der Waals surface area contributed by atoms with Crippen molar-refractivity contribution in [3.8, 4) is 0 Å². The van der Waals surface area contributed by atoms with Crippen molar-refractivity contribution >= 4 is 17.8 Å². The number of carbonyl (C=O) groups excluding carboxylic acids is 1. The van der Waals surface area contributed by atoms with Gasteiger partial charge in [-0.05, 0) is 30.0 Å². The molecule has 0 saturated carbocycles. The zero-order valence-electron chi connectivity index (χ0n) is 9.97. The van der Waals surface area contributed by atoms with Crippen molar-refractivity contribution in [3.05, 3.63) is 59.3 Å². The molecule has 3 nitrogen and oxygen atoms in total. The van der Waals surface area contributed by atoms with Crippen molar-refractivity contribution in [1.29, 1.82) is 0 Å². The first-order chi connectivity index (χ1) is 8.77. The number of nitrogens with two attached hydrogens (primary N) is 1. The Bertz CT molecular complexity index is 596. The Balaban J connectivity index is 2.23. The molecule has 0 aromatic heterocycles. The molecule has 0 radical (unpaired) electrons. The van der Waals surface area contributed by atoms with Gasteiger partial charge in [-0.15, -0.1) is 0 Å². The van der Waals surface area contributed by atoms with Gasteiger partial charge in [0, 0.05) is 0 Å². The second kappa shape index (κ2) is 4.18. The molecule has 1 aromatic carbocycles. The van der Waals surface area contributed by atoms with E-state index in [-0.39, 0.29) is 0 Å². The molecule has 90 valence electrons. The molecule has 0 fully saturated rings. The van der Waals surface area contributed by atoms with Crippen LogP contribution in [0.25, 0.3) is 6.08 Å². The molecular weight excluding hydrogens is 224 g/mol. The maximum absolute atomic E-state index is 11.8. The van der Waals surface area contributed by atoms with Crippen molar-refractivity contribution in [2.75, 3.05) is 4.90 Å². The van der Waals surface area contributed by atoms with Crippen LogP contribution in [0.4, 0.5) is 10.5 Å². The van der Waals surface area contributed by atoms with Crippen molar-refractivity contribution in [3.63, 3.8) is 0 Å². The van der Waals surface area contributed by atoms with Gasteiger partial charge in [0.1, 0.15) is 0 Å². The number of primary amides is 1. The fourth-order valence-corrected chi connectivity index (χ4v) is 2.43. The molecule has 1 heterocycles. The maximum atomic E-state index is 11.8. The summed E-state index contributed by atoms with van der Waals surface area (Å²) in [5.74, 6) is 0. The number of carbonyl (C=O) groups is 1. The highest BCUT2D eigenvalue weighted by atomic mass is 16.2. The van der Waals surface area contributed by atoms with Crippen molar-refractivity contribution in [2.24, 2.45) is 5.73 Å². The topological polar surface area (TPSA) is 46.3 Å². The monoisotopic (exact) mass is 238 g/mol. The number of fused-ring (bicyclic) bond motifs is 2. The SMILES string of the molecule is NC(=O)N1C2=CCCC=C2C=Cc2ccccc21. The van der Waals surface area contributed by atoms with E-state index in [1.165, 1.54) is 0 Å². The summed E-state index contributed by atoms with van der Waals surface area (Å²) < 4.78 is 0. The van der Waals surface area contributed by atoms with E-state index in [9.17, 15) is 4.79 Å². The molecule has 0 unspecified atom stereocenters. The summed E-state index contributed by atoms with van der Waals surface area (Å²) in [7, 11) is 0. The van der Waals surface area contributed by atoms with Crippen LogP contribution >= 0.6 is 0 Å². The fraction of sp³-hybridized carbons (Fsp3) is 0.133. The summed E-state index contributed by atoms with van der Waals surface area (Å²) in [5, 5.41) is 0. The number of anilines is 1. The molecule has 3 heteroatoms. The quantitative estimate of drug-likeness (QED) is 0.741. The Morgan fingerprint density at radius 2 is 1.89 bits per heavy atom. The van der Waals surface area contributed by atoms with Crippen LogP contribution in [0.1, 0.15) is 18.4 Å². The van der Waals surface area contributed by atoms with Crippen molar-refractivity contribution in [2.45, 2.75) is 12.8 Å². The van der Waals surface area contributed by atoms with Gasteiger partial charge in [-0.3, -0.25) is 4.90 Å². The van der Waals surface area contributed by atoms with Crippen LogP contribution in [-0.2, 0) is 0 Å². The van der Waals surface area contributed by atoms with Gasteiger partial charge in [0.25, 0.3) is 0 Å². The lowest BCUT2D eigenvalue weighted by atomic mass is 10.0. The van der Waals surface area contributed by atoms with E-state index < -0.39 is 6.03 Å². The standard InChI is InChI=1S/C15H14N2O/c16-15(18)17-13-7-3-1-5-11(13)9-10-12-6-2-4-8-14(12)17/h1,3,5-10H,2,4H2,(H2,16,18). The first-order valence-electron chi connectivity index (χ1n) is 6.05. The molecular formula is C15H14N2O. The van der Waals surface area contributed by atoms with Crippen LogP contribution in [-0.4, -0.2) is 6.03 Å². The lowest BCUT2D eigenvalue weighted by Gasteiger charge is -2.25. The minimum atomic E-state index is -0.440. The van der Waals surface area contributed by atoms with Gasteiger partial charge in [0.15, 0.2) is 0 Å². The molecule has 1 aliphatic carbocycles. The van der Waals surface area contributed by atoms with E-state index in [1.54, 1.807) is 4.90 Å². The van der Waals surface area contributed by atoms with Crippen LogP contribution in [0.5, 0.6) is 0 Å².